The van der Waals surface area contributed by atoms with Gasteiger partial charge >= 0.3 is 6.09 Å². The molecule has 1 atom stereocenters. The largest absolute Gasteiger partial charge is 0.497 e. The standard InChI is InChI=1S/C25H26N4O4S/c1-32-18-5-6-21-20(12-18)16(8-10-27-21)13-26-9-2-3-19-14-29(25(31)33-19)17-4-7-23-22(11-17)28-24(30)15-34-23/h4-8,10-12,19,26H,2-3,9,13-15H2,1H3,(H,28,30). The highest BCUT2D eigenvalue weighted by Crippen LogP contribution is 2.35. The number of thioether (sulfide) groups is 1. The number of nitrogens with one attached hydrogen (secondary N) is 2. The van der Waals surface area contributed by atoms with Crippen molar-refractivity contribution < 1.29 is 19.1 Å². The van der Waals surface area contributed by atoms with E-state index < -0.39 is 0 Å². The zero-order valence-electron chi connectivity index (χ0n) is 18.9. The van der Waals surface area contributed by atoms with Crippen LogP contribution in [0.15, 0.2) is 53.6 Å². The average Bonchev–Trinajstić information content (AvgIpc) is 3.23. The maximum absolute atomic E-state index is 12.4. The Morgan fingerprint density at radius 1 is 1.24 bits per heavy atom. The number of benzene rings is 2. The summed E-state index contributed by atoms with van der Waals surface area (Å²) in [5.74, 6) is 1.21. The number of hydrogen-bond acceptors (Lipinski definition) is 7. The molecule has 3 aromatic rings. The summed E-state index contributed by atoms with van der Waals surface area (Å²) in [5.41, 5.74) is 3.60. The minimum absolute atomic E-state index is 0.0251. The fraction of sp³-hybridized carbons (Fsp3) is 0.320. The van der Waals surface area contributed by atoms with Crippen LogP contribution in [0.1, 0.15) is 18.4 Å². The van der Waals surface area contributed by atoms with Crippen LogP contribution in [0.3, 0.4) is 0 Å². The van der Waals surface area contributed by atoms with Gasteiger partial charge in [-0.3, -0.25) is 14.7 Å². The lowest BCUT2D eigenvalue weighted by Crippen LogP contribution is -2.25. The number of methoxy groups -OCH3 is 1. The molecule has 0 bridgehead atoms. The number of rotatable bonds is 8. The first kappa shape index (κ1) is 22.5. The number of aromatic nitrogens is 1. The molecule has 1 saturated heterocycles. The summed E-state index contributed by atoms with van der Waals surface area (Å²) in [7, 11) is 1.66. The van der Waals surface area contributed by atoms with E-state index in [0.29, 0.717) is 12.3 Å². The molecule has 1 unspecified atom stereocenters. The molecule has 0 aliphatic carbocycles. The van der Waals surface area contributed by atoms with Crippen LogP contribution in [-0.4, -0.2) is 49.0 Å². The number of cyclic esters (lactones) is 1. The summed E-state index contributed by atoms with van der Waals surface area (Å²) in [6.07, 6.45) is 2.99. The van der Waals surface area contributed by atoms with Crippen LogP contribution in [-0.2, 0) is 16.1 Å². The van der Waals surface area contributed by atoms with Gasteiger partial charge in [0.2, 0.25) is 5.91 Å². The molecule has 2 amide bonds. The Bertz CT molecular complexity index is 1230. The Kier molecular flexibility index (Phi) is 6.55. The minimum Gasteiger partial charge on any atom is -0.497 e. The van der Waals surface area contributed by atoms with E-state index in [1.54, 1.807) is 12.0 Å². The normalized spacial score (nSPS) is 17.4. The number of anilines is 2. The number of nitrogens with zero attached hydrogens (tertiary/aromatic N) is 2. The molecule has 34 heavy (non-hydrogen) atoms. The van der Waals surface area contributed by atoms with E-state index in [9.17, 15) is 9.59 Å². The van der Waals surface area contributed by atoms with Crippen molar-refractivity contribution in [2.45, 2.75) is 30.4 Å². The van der Waals surface area contributed by atoms with Crippen molar-refractivity contribution in [1.29, 1.82) is 0 Å². The first-order valence-corrected chi connectivity index (χ1v) is 12.3. The van der Waals surface area contributed by atoms with Crippen molar-refractivity contribution in [2.75, 3.05) is 36.2 Å². The molecule has 176 valence electrons. The number of hydrogen-bond donors (Lipinski definition) is 2. The van der Waals surface area contributed by atoms with Crippen LogP contribution in [0.5, 0.6) is 5.75 Å². The maximum atomic E-state index is 12.4. The highest BCUT2D eigenvalue weighted by atomic mass is 32.2. The van der Waals surface area contributed by atoms with E-state index in [-0.39, 0.29) is 18.1 Å². The number of carbonyl (C=O) groups is 2. The van der Waals surface area contributed by atoms with Crippen LogP contribution >= 0.6 is 11.8 Å². The second-order valence-corrected chi connectivity index (χ2v) is 9.32. The molecule has 1 fully saturated rings. The minimum atomic E-state index is -0.343. The maximum Gasteiger partial charge on any atom is 0.414 e. The van der Waals surface area contributed by atoms with E-state index in [1.165, 1.54) is 17.3 Å². The fourth-order valence-corrected chi connectivity index (χ4v) is 5.05. The van der Waals surface area contributed by atoms with Crippen molar-refractivity contribution in [2.24, 2.45) is 0 Å². The molecule has 3 heterocycles. The van der Waals surface area contributed by atoms with Crippen molar-refractivity contribution in [3.05, 3.63) is 54.2 Å². The molecule has 0 saturated carbocycles. The first-order valence-electron chi connectivity index (χ1n) is 11.3. The molecule has 2 aliphatic heterocycles. The van der Waals surface area contributed by atoms with Gasteiger partial charge in [-0.2, -0.15) is 0 Å². The van der Waals surface area contributed by atoms with Gasteiger partial charge in [-0.15, -0.1) is 11.8 Å². The highest BCUT2D eigenvalue weighted by Gasteiger charge is 2.32. The molecule has 0 spiro atoms. The summed E-state index contributed by atoms with van der Waals surface area (Å²) in [6.45, 7) is 2.04. The molecule has 9 heteroatoms. The smallest absolute Gasteiger partial charge is 0.414 e. The summed E-state index contributed by atoms with van der Waals surface area (Å²) in [5, 5.41) is 7.43. The van der Waals surface area contributed by atoms with Gasteiger partial charge in [0, 0.05) is 28.7 Å². The third-order valence-electron chi connectivity index (χ3n) is 6.02. The Labute approximate surface area is 202 Å². The van der Waals surface area contributed by atoms with Gasteiger partial charge in [0.05, 0.1) is 30.6 Å². The van der Waals surface area contributed by atoms with Crippen molar-refractivity contribution in [3.63, 3.8) is 0 Å². The van der Waals surface area contributed by atoms with Gasteiger partial charge in [-0.05, 0) is 67.4 Å². The molecule has 1 aromatic heterocycles. The van der Waals surface area contributed by atoms with Crippen molar-refractivity contribution in [1.82, 2.24) is 10.3 Å². The SMILES string of the molecule is COc1ccc2nccc(CNCCCC3CN(c4ccc5c(c4)NC(=O)CS5)C(=O)O3)c2c1. The van der Waals surface area contributed by atoms with Gasteiger partial charge in [-0.25, -0.2) is 4.79 Å². The van der Waals surface area contributed by atoms with Crippen LogP contribution in [0.25, 0.3) is 10.9 Å². The zero-order valence-corrected chi connectivity index (χ0v) is 19.7. The summed E-state index contributed by atoms with van der Waals surface area (Å²) in [6, 6.07) is 13.6. The predicted molar refractivity (Wildman–Crippen MR) is 133 cm³/mol. The second kappa shape index (κ2) is 9.90. The molecule has 2 aromatic carbocycles. The van der Waals surface area contributed by atoms with Crippen LogP contribution in [0.2, 0.25) is 0 Å². The number of carbonyl (C=O) groups excluding carboxylic acids is 2. The van der Waals surface area contributed by atoms with Gasteiger partial charge in [0.25, 0.3) is 0 Å². The van der Waals surface area contributed by atoms with Gasteiger partial charge < -0.3 is 20.1 Å². The number of amides is 2. The Morgan fingerprint density at radius 3 is 3.03 bits per heavy atom. The van der Waals surface area contributed by atoms with Gasteiger partial charge in [0.1, 0.15) is 11.9 Å². The molecular formula is C25H26N4O4S. The summed E-state index contributed by atoms with van der Waals surface area (Å²) in [4.78, 5) is 31.2. The quantitative estimate of drug-likeness (QED) is 0.469. The average molecular weight is 479 g/mol. The topological polar surface area (TPSA) is 92.8 Å². The van der Waals surface area contributed by atoms with Crippen molar-refractivity contribution in [3.8, 4) is 5.75 Å². The summed E-state index contributed by atoms with van der Waals surface area (Å²) >= 11 is 1.50. The lowest BCUT2D eigenvalue weighted by atomic mass is 10.1. The Hall–Kier alpha value is -3.30. The zero-order chi connectivity index (χ0) is 23.5. The lowest BCUT2D eigenvalue weighted by Gasteiger charge is -2.20. The molecule has 5 rings (SSSR count). The number of pyridine rings is 1. The first-order chi connectivity index (χ1) is 16.6. The molecule has 0 radical (unpaired) electrons. The van der Waals surface area contributed by atoms with E-state index in [4.69, 9.17) is 9.47 Å². The number of ether oxygens (including phenoxy) is 2. The molecular weight excluding hydrogens is 452 g/mol. The van der Waals surface area contributed by atoms with Gasteiger partial charge in [0.15, 0.2) is 0 Å². The second-order valence-electron chi connectivity index (χ2n) is 8.31. The predicted octanol–water partition coefficient (Wildman–Crippen LogP) is 4.18. The molecule has 2 aliphatic rings. The van der Waals surface area contributed by atoms with E-state index >= 15 is 0 Å². The Morgan fingerprint density at radius 2 is 2.15 bits per heavy atom. The highest BCUT2D eigenvalue weighted by molar-refractivity contribution is 8.00. The molecule has 2 N–H and O–H groups in total. The third-order valence-corrected chi connectivity index (χ3v) is 7.09. The van der Waals surface area contributed by atoms with Crippen LogP contribution in [0, 0.1) is 0 Å². The van der Waals surface area contributed by atoms with E-state index in [0.717, 1.165) is 58.9 Å². The third kappa shape index (κ3) is 4.80. The van der Waals surface area contributed by atoms with Crippen LogP contribution < -0.4 is 20.3 Å². The van der Waals surface area contributed by atoms with E-state index in [2.05, 4.69) is 15.6 Å². The Balaban J connectivity index is 1.12. The van der Waals surface area contributed by atoms with Gasteiger partial charge in [-0.1, -0.05) is 0 Å². The fourth-order valence-electron chi connectivity index (χ4n) is 4.26. The lowest BCUT2D eigenvalue weighted by molar-refractivity contribution is -0.113. The van der Waals surface area contributed by atoms with Crippen molar-refractivity contribution >= 4 is 46.0 Å². The molecule has 8 nitrogen and oxygen atoms in total. The van der Waals surface area contributed by atoms with Crippen LogP contribution in [0.4, 0.5) is 16.2 Å². The monoisotopic (exact) mass is 478 g/mol. The van der Waals surface area contributed by atoms with E-state index in [1.807, 2.05) is 48.7 Å². The number of fused-ring (bicyclic) bond motifs is 2. The summed E-state index contributed by atoms with van der Waals surface area (Å²) < 4.78 is 10.9.